The third-order valence-corrected chi connectivity index (χ3v) is 1.19. The summed E-state index contributed by atoms with van der Waals surface area (Å²) >= 11 is 0. The Morgan fingerprint density at radius 2 is 2.44 bits per heavy atom. The van der Waals surface area contributed by atoms with Gasteiger partial charge in [0.25, 0.3) is 0 Å². The second-order valence-electron chi connectivity index (χ2n) is 2.13. The summed E-state index contributed by atoms with van der Waals surface area (Å²) in [4.78, 5) is 0. The summed E-state index contributed by atoms with van der Waals surface area (Å²) in [6.07, 6.45) is 6.72. The molecule has 1 heteroatoms. The van der Waals surface area contributed by atoms with Crippen molar-refractivity contribution in [3.05, 3.63) is 12.7 Å². The highest BCUT2D eigenvalue weighted by atomic mass is 16.3. The van der Waals surface area contributed by atoms with E-state index in [2.05, 4.69) is 12.5 Å². The minimum atomic E-state index is -0.613. The molecule has 1 nitrogen and oxygen atoms in total. The fourth-order valence-electron chi connectivity index (χ4n) is 0.516. The Kier molecular flexibility index (Phi) is 3.83. The van der Waals surface area contributed by atoms with Crippen molar-refractivity contribution in [1.82, 2.24) is 0 Å². The molecule has 0 aromatic carbocycles. The second kappa shape index (κ2) is 4.17. The monoisotopic (exact) mass is 124 g/mol. The third-order valence-electron chi connectivity index (χ3n) is 1.19. The molecule has 0 aliphatic heterocycles. The summed E-state index contributed by atoms with van der Waals surface area (Å²) < 4.78 is 0. The zero-order valence-corrected chi connectivity index (χ0v) is 5.67. The topological polar surface area (TPSA) is 20.2 Å². The fourth-order valence-corrected chi connectivity index (χ4v) is 0.516. The van der Waals surface area contributed by atoms with Gasteiger partial charge in [0.15, 0.2) is 0 Å². The van der Waals surface area contributed by atoms with Crippen LogP contribution < -0.4 is 0 Å². The minimum Gasteiger partial charge on any atom is -0.380 e. The van der Waals surface area contributed by atoms with E-state index in [4.69, 9.17) is 11.5 Å². The van der Waals surface area contributed by atoms with Crippen molar-refractivity contribution in [2.45, 2.75) is 19.4 Å². The van der Waals surface area contributed by atoms with Gasteiger partial charge in [-0.25, -0.2) is 0 Å². The third kappa shape index (κ3) is 3.81. The zero-order valence-electron chi connectivity index (χ0n) is 5.67. The van der Waals surface area contributed by atoms with E-state index in [1.54, 1.807) is 6.08 Å². The van der Waals surface area contributed by atoms with Gasteiger partial charge in [0.2, 0.25) is 0 Å². The molecule has 0 saturated heterocycles. The smallest absolute Gasteiger partial charge is 0.115 e. The maximum atomic E-state index is 8.88. The molecule has 0 amide bonds. The largest absolute Gasteiger partial charge is 0.380 e. The van der Waals surface area contributed by atoms with Crippen LogP contribution in [0.15, 0.2) is 12.7 Å². The Labute approximate surface area is 56.4 Å². The lowest BCUT2D eigenvalue weighted by Gasteiger charge is -2.05. The van der Waals surface area contributed by atoms with Gasteiger partial charge < -0.3 is 5.11 Å². The molecule has 1 N–H and O–H groups in total. The Morgan fingerprint density at radius 3 is 2.78 bits per heavy atom. The van der Waals surface area contributed by atoms with E-state index in [1.165, 1.54) is 0 Å². The van der Waals surface area contributed by atoms with Gasteiger partial charge in [-0.15, -0.1) is 13.0 Å². The van der Waals surface area contributed by atoms with Crippen LogP contribution in [0.1, 0.15) is 13.3 Å². The van der Waals surface area contributed by atoms with Gasteiger partial charge in [0.1, 0.15) is 6.10 Å². The van der Waals surface area contributed by atoms with Crippen LogP contribution in [-0.4, -0.2) is 11.2 Å². The molecule has 0 aromatic heterocycles. The lowest BCUT2D eigenvalue weighted by Crippen LogP contribution is -2.06. The van der Waals surface area contributed by atoms with Gasteiger partial charge in [-0.05, 0) is 12.3 Å². The Hall–Kier alpha value is -0.740. The van der Waals surface area contributed by atoms with Crippen LogP contribution in [0.5, 0.6) is 0 Å². The number of aliphatic hydroxyl groups is 1. The highest BCUT2D eigenvalue weighted by Crippen LogP contribution is 2.04. The highest BCUT2D eigenvalue weighted by molar-refractivity contribution is 4.95. The van der Waals surface area contributed by atoms with Gasteiger partial charge in [-0.1, -0.05) is 18.9 Å². The molecule has 0 bridgehead atoms. The Bertz CT molecular complexity index is 121. The van der Waals surface area contributed by atoms with Crippen LogP contribution in [0.2, 0.25) is 0 Å². The Balaban J connectivity index is 3.49. The molecule has 0 heterocycles. The molecule has 2 atom stereocenters. The number of hydrogen-bond donors (Lipinski definition) is 1. The number of terminal acetylenes is 1. The molecule has 0 aliphatic carbocycles. The molecule has 0 radical (unpaired) electrons. The molecule has 50 valence electrons. The van der Waals surface area contributed by atoms with Gasteiger partial charge in [0.05, 0.1) is 0 Å². The maximum absolute atomic E-state index is 8.88. The first kappa shape index (κ1) is 8.26. The SMILES string of the molecule is C#C[C@H](O)C[C@H](C)C=C. The van der Waals surface area contributed by atoms with E-state index in [-0.39, 0.29) is 0 Å². The molecule has 0 aromatic rings. The van der Waals surface area contributed by atoms with Crippen molar-refractivity contribution in [1.29, 1.82) is 0 Å². The summed E-state index contributed by atoms with van der Waals surface area (Å²) in [7, 11) is 0. The van der Waals surface area contributed by atoms with Crippen molar-refractivity contribution < 1.29 is 5.11 Å². The van der Waals surface area contributed by atoms with Crippen LogP contribution >= 0.6 is 0 Å². The average molecular weight is 124 g/mol. The van der Waals surface area contributed by atoms with Crippen LogP contribution in [0.25, 0.3) is 0 Å². The lowest BCUT2D eigenvalue weighted by atomic mass is 10.0. The maximum Gasteiger partial charge on any atom is 0.115 e. The fraction of sp³-hybridized carbons (Fsp3) is 0.500. The first-order chi connectivity index (χ1) is 4.20. The molecule has 0 rings (SSSR count). The number of allylic oxidation sites excluding steroid dienone is 1. The molecule has 9 heavy (non-hydrogen) atoms. The molecular weight excluding hydrogens is 112 g/mol. The van der Waals surface area contributed by atoms with Crippen LogP contribution in [-0.2, 0) is 0 Å². The first-order valence-corrected chi connectivity index (χ1v) is 2.97. The van der Waals surface area contributed by atoms with E-state index in [9.17, 15) is 0 Å². The van der Waals surface area contributed by atoms with Crippen molar-refractivity contribution in [3.63, 3.8) is 0 Å². The predicted molar refractivity (Wildman–Crippen MR) is 38.8 cm³/mol. The van der Waals surface area contributed by atoms with E-state index in [1.807, 2.05) is 6.92 Å². The van der Waals surface area contributed by atoms with E-state index < -0.39 is 6.10 Å². The highest BCUT2D eigenvalue weighted by Gasteiger charge is 2.02. The second-order valence-corrected chi connectivity index (χ2v) is 2.13. The van der Waals surface area contributed by atoms with Crippen molar-refractivity contribution in [3.8, 4) is 12.3 Å². The lowest BCUT2D eigenvalue weighted by molar-refractivity contribution is 0.209. The number of rotatable bonds is 3. The summed E-state index contributed by atoms with van der Waals surface area (Å²) in [6, 6.07) is 0. The van der Waals surface area contributed by atoms with Crippen LogP contribution in [0.3, 0.4) is 0 Å². The Morgan fingerprint density at radius 1 is 1.89 bits per heavy atom. The van der Waals surface area contributed by atoms with E-state index in [0.29, 0.717) is 12.3 Å². The standard InChI is InChI=1S/C8H12O/c1-4-7(3)6-8(9)5-2/h2,4,7-9H,1,6H2,3H3/t7-,8+/m1/s1. The molecule has 0 aliphatic rings. The van der Waals surface area contributed by atoms with Gasteiger partial charge in [-0.3, -0.25) is 0 Å². The minimum absolute atomic E-state index is 0.302. The summed E-state index contributed by atoms with van der Waals surface area (Å²) in [5.74, 6) is 2.54. The van der Waals surface area contributed by atoms with Crippen LogP contribution in [0, 0.1) is 18.3 Å². The number of aliphatic hydroxyl groups excluding tert-OH is 1. The predicted octanol–water partition coefficient (Wildman–Crippen LogP) is 1.19. The number of hydrogen-bond acceptors (Lipinski definition) is 1. The summed E-state index contributed by atoms with van der Waals surface area (Å²) in [5, 5.41) is 8.88. The van der Waals surface area contributed by atoms with Gasteiger partial charge in [-0.2, -0.15) is 0 Å². The van der Waals surface area contributed by atoms with E-state index in [0.717, 1.165) is 0 Å². The van der Waals surface area contributed by atoms with Gasteiger partial charge in [0, 0.05) is 0 Å². The summed E-state index contributed by atoms with van der Waals surface area (Å²) in [5.41, 5.74) is 0. The quantitative estimate of drug-likeness (QED) is 0.442. The van der Waals surface area contributed by atoms with Crippen molar-refractivity contribution in [2.24, 2.45) is 5.92 Å². The van der Waals surface area contributed by atoms with Crippen molar-refractivity contribution in [2.75, 3.05) is 0 Å². The van der Waals surface area contributed by atoms with E-state index >= 15 is 0 Å². The molecule has 0 spiro atoms. The molecule has 0 fully saturated rings. The molecule has 0 saturated carbocycles. The van der Waals surface area contributed by atoms with Crippen LogP contribution in [0.4, 0.5) is 0 Å². The van der Waals surface area contributed by atoms with Gasteiger partial charge >= 0.3 is 0 Å². The first-order valence-electron chi connectivity index (χ1n) is 2.97. The summed E-state index contributed by atoms with van der Waals surface area (Å²) in [6.45, 7) is 5.53. The molecule has 0 unspecified atom stereocenters. The normalized spacial score (nSPS) is 15.7. The molecular formula is C8H12O. The zero-order chi connectivity index (χ0) is 7.28. The average Bonchev–Trinajstić information content (AvgIpc) is 1.87. The van der Waals surface area contributed by atoms with Crippen molar-refractivity contribution >= 4 is 0 Å².